The van der Waals surface area contributed by atoms with Crippen LogP contribution in [0.25, 0.3) is 0 Å². The molecule has 4 nitrogen and oxygen atoms in total. The van der Waals surface area contributed by atoms with Crippen molar-refractivity contribution in [1.29, 1.82) is 0 Å². The highest BCUT2D eigenvalue weighted by Crippen LogP contribution is 2.15. The Kier molecular flexibility index (Phi) is 9.71. The van der Waals surface area contributed by atoms with Crippen molar-refractivity contribution in [3.05, 3.63) is 29.8 Å². The first kappa shape index (κ1) is 19.8. The monoisotopic (exact) mass is 354 g/mol. The summed E-state index contributed by atoms with van der Waals surface area (Å²) in [6.07, 6.45) is 5.41. The Morgan fingerprint density at radius 1 is 1.26 bits per heavy atom. The highest BCUT2D eigenvalue weighted by Gasteiger charge is 2.05. The molecular weight excluding hydrogens is 328 g/mol. The summed E-state index contributed by atoms with van der Waals surface area (Å²) < 4.78 is 4.61. The maximum absolute atomic E-state index is 11.0. The van der Waals surface area contributed by atoms with Gasteiger partial charge in [0.05, 0.1) is 7.11 Å². The van der Waals surface area contributed by atoms with E-state index in [1.807, 2.05) is 11.9 Å². The molecule has 0 aliphatic carbocycles. The zero-order valence-electron chi connectivity index (χ0n) is 14.1. The van der Waals surface area contributed by atoms with Crippen LogP contribution in [-0.2, 0) is 16.1 Å². The summed E-state index contributed by atoms with van der Waals surface area (Å²) in [7, 11) is 3.42. The number of rotatable bonds is 9. The van der Waals surface area contributed by atoms with Crippen LogP contribution in [0.3, 0.4) is 0 Å². The third-order valence-corrected chi connectivity index (χ3v) is 4.69. The molecule has 0 radical (unpaired) electrons. The van der Waals surface area contributed by atoms with E-state index in [2.05, 4.69) is 40.6 Å². The molecule has 0 saturated heterocycles. The van der Waals surface area contributed by atoms with E-state index in [1.54, 1.807) is 11.8 Å². The van der Waals surface area contributed by atoms with Crippen molar-refractivity contribution < 1.29 is 9.53 Å². The minimum atomic E-state index is -0.138. The van der Waals surface area contributed by atoms with Crippen LogP contribution in [0.15, 0.2) is 29.2 Å². The lowest BCUT2D eigenvalue weighted by Crippen LogP contribution is -2.37. The van der Waals surface area contributed by atoms with Crippen molar-refractivity contribution in [2.45, 2.75) is 37.1 Å². The van der Waals surface area contributed by atoms with Gasteiger partial charge in [-0.15, -0.1) is 11.8 Å². The zero-order chi connectivity index (χ0) is 17.1. The van der Waals surface area contributed by atoms with Gasteiger partial charge in [0.25, 0.3) is 0 Å². The number of hydrogen-bond acceptors (Lipinski definition) is 4. The summed E-state index contributed by atoms with van der Waals surface area (Å²) in [6, 6.07) is 8.53. The van der Waals surface area contributed by atoms with Gasteiger partial charge in [-0.25, -0.2) is 0 Å². The number of benzene rings is 1. The normalized spacial score (nSPS) is 10.2. The van der Waals surface area contributed by atoms with Gasteiger partial charge in [-0.05, 0) is 49.0 Å². The quantitative estimate of drug-likeness (QED) is 0.317. The average molecular weight is 355 g/mol. The number of carbonyl (C=O) groups excluding carboxylic acids is 1. The van der Waals surface area contributed by atoms with E-state index in [9.17, 15) is 4.79 Å². The lowest BCUT2D eigenvalue weighted by molar-refractivity contribution is -0.140. The van der Waals surface area contributed by atoms with E-state index in [0.29, 0.717) is 6.42 Å². The molecule has 1 N–H and O–H groups in total. The summed E-state index contributed by atoms with van der Waals surface area (Å²) in [5, 5.41) is 4.02. The number of hydrogen-bond donors (Lipinski definition) is 1. The molecule has 1 aromatic carbocycles. The molecule has 0 spiro atoms. The molecule has 0 aliphatic rings. The molecule has 23 heavy (non-hydrogen) atoms. The van der Waals surface area contributed by atoms with Crippen molar-refractivity contribution in [1.82, 2.24) is 10.2 Å². The van der Waals surface area contributed by atoms with Gasteiger partial charge in [-0.1, -0.05) is 18.6 Å². The van der Waals surface area contributed by atoms with E-state index in [-0.39, 0.29) is 5.97 Å². The van der Waals surface area contributed by atoms with E-state index < -0.39 is 0 Å². The van der Waals surface area contributed by atoms with Crippen LogP contribution >= 0.6 is 24.0 Å². The Bertz CT molecular complexity index is 492. The Morgan fingerprint density at radius 3 is 2.57 bits per heavy atom. The number of nitrogens with zero attached hydrogens (tertiary/aromatic N) is 1. The van der Waals surface area contributed by atoms with E-state index in [1.165, 1.54) is 17.6 Å². The third kappa shape index (κ3) is 8.23. The highest BCUT2D eigenvalue weighted by atomic mass is 32.2. The lowest BCUT2D eigenvalue weighted by atomic mass is 10.2. The fourth-order valence-corrected chi connectivity index (χ4v) is 2.65. The molecule has 128 valence electrons. The summed E-state index contributed by atoms with van der Waals surface area (Å²) in [5.41, 5.74) is 1.24. The van der Waals surface area contributed by atoms with E-state index >= 15 is 0 Å². The van der Waals surface area contributed by atoms with Crippen LogP contribution in [0.1, 0.15) is 31.2 Å². The molecular formula is C17H26N2O2S2. The van der Waals surface area contributed by atoms with Crippen molar-refractivity contribution in [2.75, 3.05) is 27.0 Å². The number of thioether (sulfide) groups is 1. The second kappa shape index (κ2) is 11.3. The van der Waals surface area contributed by atoms with Gasteiger partial charge in [0, 0.05) is 31.5 Å². The number of methoxy groups -OCH3 is 1. The van der Waals surface area contributed by atoms with Crippen LogP contribution in [0, 0.1) is 0 Å². The zero-order valence-corrected chi connectivity index (χ0v) is 15.8. The first-order chi connectivity index (χ1) is 11.1. The second-order valence-corrected chi connectivity index (χ2v) is 6.59. The molecule has 1 aromatic rings. The molecule has 0 saturated carbocycles. The summed E-state index contributed by atoms with van der Waals surface area (Å²) >= 11 is 7.14. The van der Waals surface area contributed by atoms with Gasteiger partial charge in [0.1, 0.15) is 0 Å². The molecule has 0 fully saturated rings. The van der Waals surface area contributed by atoms with Crippen LogP contribution in [0.5, 0.6) is 0 Å². The molecule has 0 heterocycles. The van der Waals surface area contributed by atoms with Crippen LogP contribution in [-0.4, -0.2) is 42.9 Å². The van der Waals surface area contributed by atoms with Gasteiger partial charge in [0.2, 0.25) is 0 Å². The fraction of sp³-hybridized carbons (Fsp3) is 0.529. The largest absolute Gasteiger partial charge is 0.469 e. The number of ether oxygens (including phenoxy) is 1. The Labute approximate surface area is 149 Å². The topological polar surface area (TPSA) is 41.6 Å². The molecule has 6 heteroatoms. The third-order valence-electron chi connectivity index (χ3n) is 3.49. The summed E-state index contributed by atoms with van der Waals surface area (Å²) in [5.74, 6) is -0.138. The van der Waals surface area contributed by atoms with Gasteiger partial charge in [-0.3, -0.25) is 4.79 Å². The standard InChI is InChI=1S/C17H26N2O2S2/c1-19(13-14-8-10-15(23-3)11-9-14)17(22)18-12-6-4-5-7-16(20)21-2/h8-11H,4-7,12-13H2,1-3H3,(H,18,22). The van der Waals surface area contributed by atoms with Crippen molar-refractivity contribution >= 4 is 35.1 Å². The first-order valence-electron chi connectivity index (χ1n) is 7.75. The number of thiocarbonyl (C=S) groups is 1. The smallest absolute Gasteiger partial charge is 0.305 e. The van der Waals surface area contributed by atoms with Crippen LogP contribution < -0.4 is 5.32 Å². The summed E-state index contributed by atoms with van der Waals surface area (Å²) in [4.78, 5) is 14.3. The lowest BCUT2D eigenvalue weighted by Gasteiger charge is -2.21. The number of esters is 1. The van der Waals surface area contributed by atoms with Crippen LogP contribution in [0.2, 0.25) is 0 Å². The molecule has 0 aromatic heterocycles. The van der Waals surface area contributed by atoms with Crippen molar-refractivity contribution in [3.63, 3.8) is 0 Å². The number of carbonyl (C=O) groups is 1. The SMILES string of the molecule is COC(=O)CCCCCNC(=S)N(C)Cc1ccc(SC)cc1. The van der Waals surface area contributed by atoms with Gasteiger partial charge in [0.15, 0.2) is 5.11 Å². The number of nitrogens with one attached hydrogen (secondary N) is 1. The Hall–Kier alpha value is -1.27. The Morgan fingerprint density at radius 2 is 1.96 bits per heavy atom. The summed E-state index contributed by atoms with van der Waals surface area (Å²) in [6.45, 7) is 1.62. The first-order valence-corrected chi connectivity index (χ1v) is 9.39. The van der Waals surface area contributed by atoms with Crippen LogP contribution in [0.4, 0.5) is 0 Å². The molecule has 0 aliphatic heterocycles. The number of unbranched alkanes of at least 4 members (excludes halogenated alkanes) is 2. The molecule has 0 bridgehead atoms. The minimum Gasteiger partial charge on any atom is -0.469 e. The van der Waals surface area contributed by atoms with Gasteiger partial charge in [-0.2, -0.15) is 0 Å². The predicted octanol–water partition coefficient (Wildman–Crippen LogP) is 3.45. The van der Waals surface area contributed by atoms with Gasteiger partial charge >= 0.3 is 5.97 Å². The van der Waals surface area contributed by atoms with Gasteiger partial charge < -0.3 is 15.0 Å². The molecule has 1 rings (SSSR count). The highest BCUT2D eigenvalue weighted by molar-refractivity contribution is 7.98. The van der Waals surface area contributed by atoms with E-state index in [0.717, 1.165) is 37.5 Å². The Balaban J connectivity index is 2.19. The molecule has 0 unspecified atom stereocenters. The fourth-order valence-electron chi connectivity index (χ4n) is 2.08. The molecule has 0 amide bonds. The maximum Gasteiger partial charge on any atom is 0.305 e. The molecule has 0 atom stereocenters. The van der Waals surface area contributed by atoms with E-state index in [4.69, 9.17) is 12.2 Å². The minimum absolute atomic E-state index is 0.138. The predicted molar refractivity (Wildman–Crippen MR) is 101 cm³/mol. The average Bonchev–Trinajstić information content (AvgIpc) is 2.57. The maximum atomic E-state index is 11.0. The second-order valence-electron chi connectivity index (χ2n) is 5.32. The van der Waals surface area contributed by atoms with Crippen molar-refractivity contribution in [3.8, 4) is 0 Å². The van der Waals surface area contributed by atoms with Crippen molar-refractivity contribution in [2.24, 2.45) is 0 Å².